The second-order valence-corrected chi connectivity index (χ2v) is 7.08. The fourth-order valence-electron chi connectivity index (χ4n) is 3.14. The van der Waals surface area contributed by atoms with Crippen molar-refractivity contribution in [2.24, 2.45) is 0 Å². The third-order valence-electron chi connectivity index (χ3n) is 4.43. The van der Waals surface area contributed by atoms with Crippen molar-refractivity contribution in [1.82, 2.24) is 15.1 Å². The van der Waals surface area contributed by atoms with Gasteiger partial charge in [0.05, 0.1) is 6.04 Å². The molecule has 4 rings (SSSR count). The Morgan fingerprint density at radius 3 is 3.00 bits per heavy atom. The van der Waals surface area contributed by atoms with E-state index in [-0.39, 0.29) is 29.7 Å². The van der Waals surface area contributed by atoms with Crippen LogP contribution in [0.1, 0.15) is 47.0 Å². The summed E-state index contributed by atoms with van der Waals surface area (Å²) >= 11 is 1.23. The van der Waals surface area contributed by atoms with Crippen molar-refractivity contribution in [3.63, 3.8) is 0 Å². The highest BCUT2D eigenvalue weighted by molar-refractivity contribution is 7.13. The molecule has 9 heteroatoms. The maximum Gasteiger partial charge on any atom is 0.286 e. The molecule has 0 saturated carbocycles. The maximum atomic E-state index is 12.5. The number of nitrogens with zero attached hydrogens (tertiary/aromatic N) is 3. The van der Waals surface area contributed by atoms with Gasteiger partial charge >= 0.3 is 0 Å². The number of carbonyl (C=O) groups excluding carboxylic acids is 2. The molecule has 1 aromatic carbocycles. The van der Waals surface area contributed by atoms with Crippen molar-refractivity contribution < 1.29 is 19.1 Å². The summed E-state index contributed by atoms with van der Waals surface area (Å²) in [6.07, 6.45) is 2.26. The molecule has 1 N–H and O–H groups in total. The highest BCUT2D eigenvalue weighted by Crippen LogP contribution is 2.35. The summed E-state index contributed by atoms with van der Waals surface area (Å²) in [5.74, 6) is 1.02. The topological polar surface area (TPSA) is 93.7 Å². The molecule has 2 amide bonds. The second-order valence-electron chi connectivity index (χ2n) is 6.07. The van der Waals surface area contributed by atoms with Gasteiger partial charge in [-0.1, -0.05) is 18.3 Å². The van der Waals surface area contributed by atoms with Crippen LogP contribution in [0.3, 0.4) is 0 Å². The molecule has 0 aliphatic carbocycles. The normalized spacial score (nSPS) is 18.2. The van der Waals surface area contributed by atoms with Crippen LogP contribution in [0.25, 0.3) is 0 Å². The van der Waals surface area contributed by atoms with Gasteiger partial charge < -0.3 is 19.7 Å². The third kappa shape index (κ3) is 3.10. The number of aromatic nitrogens is 2. The largest absolute Gasteiger partial charge is 0.454 e. The van der Waals surface area contributed by atoms with Gasteiger partial charge in [-0.15, -0.1) is 10.2 Å². The van der Waals surface area contributed by atoms with Crippen LogP contribution in [0.15, 0.2) is 18.2 Å². The van der Waals surface area contributed by atoms with E-state index in [1.807, 2.05) is 11.8 Å². The number of likely N-dealkylation sites (tertiary alicyclic amines) is 1. The monoisotopic (exact) mass is 374 g/mol. The molecule has 2 aliphatic heterocycles. The van der Waals surface area contributed by atoms with E-state index in [0.717, 1.165) is 19.4 Å². The number of anilines is 1. The molecular formula is C17H18N4O4S. The average molecular weight is 374 g/mol. The molecule has 26 heavy (non-hydrogen) atoms. The lowest BCUT2D eigenvalue weighted by Crippen LogP contribution is -2.29. The van der Waals surface area contributed by atoms with Gasteiger partial charge in [0.15, 0.2) is 11.5 Å². The van der Waals surface area contributed by atoms with E-state index < -0.39 is 0 Å². The number of ether oxygens (including phenoxy) is 2. The zero-order valence-electron chi connectivity index (χ0n) is 14.2. The quantitative estimate of drug-likeness (QED) is 0.884. The van der Waals surface area contributed by atoms with Crippen LogP contribution < -0.4 is 14.8 Å². The van der Waals surface area contributed by atoms with Crippen LogP contribution >= 0.6 is 11.3 Å². The molecule has 1 atom stereocenters. The first-order chi connectivity index (χ1) is 12.7. The molecule has 136 valence electrons. The van der Waals surface area contributed by atoms with Crippen LogP contribution in [0.5, 0.6) is 11.5 Å². The van der Waals surface area contributed by atoms with E-state index in [1.165, 1.54) is 11.3 Å². The van der Waals surface area contributed by atoms with Crippen molar-refractivity contribution in [2.75, 3.05) is 18.7 Å². The van der Waals surface area contributed by atoms with Gasteiger partial charge in [0.2, 0.25) is 17.7 Å². The highest BCUT2D eigenvalue weighted by Gasteiger charge is 2.32. The summed E-state index contributed by atoms with van der Waals surface area (Å²) in [5, 5.41) is 11.9. The van der Waals surface area contributed by atoms with E-state index in [0.29, 0.717) is 28.6 Å². The number of carbonyl (C=O) groups is 2. The van der Waals surface area contributed by atoms with Crippen LogP contribution in [-0.2, 0) is 4.79 Å². The Labute approximate surface area is 154 Å². The number of hydrogen-bond donors (Lipinski definition) is 1. The Morgan fingerprint density at radius 1 is 1.31 bits per heavy atom. The summed E-state index contributed by atoms with van der Waals surface area (Å²) in [5.41, 5.74) is 0.597. The lowest BCUT2D eigenvalue weighted by atomic mass is 10.2. The van der Waals surface area contributed by atoms with Crippen LogP contribution in [-0.4, -0.2) is 40.2 Å². The van der Waals surface area contributed by atoms with Crippen molar-refractivity contribution in [3.8, 4) is 11.5 Å². The summed E-state index contributed by atoms with van der Waals surface area (Å²) in [4.78, 5) is 26.3. The Morgan fingerprint density at radius 2 is 2.15 bits per heavy atom. The van der Waals surface area contributed by atoms with Gasteiger partial charge in [0.1, 0.15) is 5.01 Å². The molecular weight excluding hydrogens is 356 g/mol. The van der Waals surface area contributed by atoms with Crippen molar-refractivity contribution >= 4 is 28.8 Å². The van der Waals surface area contributed by atoms with E-state index in [1.54, 1.807) is 18.2 Å². The van der Waals surface area contributed by atoms with E-state index >= 15 is 0 Å². The Bertz CT molecular complexity index is 853. The van der Waals surface area contributed by atoms with Gasteiger partial charge in [0.25, 0.3) is 5.91 Å². The molecule has 1 aromatic heterocycles. The smallest absolute Gasteiger partial charge is 0.286 e. The van der Waals surface area contributed by atoms with E-state index in [9.17, 15) is 9.59 Å². The molecule has 2 aliphatic rings. The number of amides is 2. The fourth-order valence-corrected chi connectivity index (χ4v) is 4.03. The minimum atomic E-state index is -0.334. The minimum absolute atomic E-state index is 0.0768. The van der Waals surface area contributed by atoms with Crippen LogP contribution in [0.4, 0.5) is 5.69 Å². The third-order valence-corrected chi connectivity index (χ3v) is 5.45. The van der Waals surface area contributed by atoms with Crippen molar-refractivity contribution in [2.45, 2.75) is 32.2 Å². The number of fused-ring (bicyclic) bond motifs is 1. The zero-order valence-corrected chi connectivity index (χ0v) is 15.0. The van der Waals surface area contributed by atoms with Gasteiger partial charge in [-0.05, 0) is 25.0 Å². The SMILES string of the molecule is CCC(=O)N1CCCC1c1nnc(C(=O)Nc2ccc3c(c2)OCO3)s1. The van der Waals surface area contributed by atoms with Crippen molar-refractivity contribution in [1.29, 1.82) is 0 Å². The average Bonchev–Trinajstić information content (AvgIpc) is 3.38. The van der Waals surface area contributed by atoms with Crippen molar-refractivity contribution in [3.05, 3.63) is 28.2 Å². The summed E-state index contributed by atoms with van der Waals surface area (Å²) in [6.45, 7) is 2.76. The number of rotatable bonds is 4. The summed E-state index contributed by atoms with van der Waals surface area (Å²) in [6, 6.07) is 5.12. The standard InChI is InChI=1S/C17H18N4O4S/c1-2-14(22)21-7-3-4-11(21)16-19-20-17(26-16)15(23)18-10-5-6-12-13(8-10)25-9-24-12/h5-6,8,11H,2-4,7,9H2,1H3,(H,18,23). The first-order valence-corrected chi connectivity index (χ1v) is 9.31. The molecule has 0 bridgehead atoms. The fraction of sp³-hybridized carbons (Fsp3) is 0.412. The molecule has 0 spiro atoms. The first-order valence-electron chi connectivity index (χ1n) is 8.49. The Balaban J connectivity index is 1.47. The Kier molecular flexibility index (Phi) is 4.46. The molecule has 8 nitrogen and oxygen atoms in total. The highest BCUT2D eigenvalue weighted by atomic mass is 32.1. The van der Waals surface area contributed by atoms with E-state index in [4.69, 9.17) is 9.47 Å². The number of nitrogens with one attached hydrogen (secondary N) is 1. The molecule has 1 unspecified atom stereocenters. The molecule has 1 fully saturated rings. The van der Waals surface area contributed by atoms with Gasteiger partial charge in [-0.3, -0.25) is 9.59 Å². The second kappa shape index (κ2) is 6.91. The van der Waals surface area contributed by atoms with E-state index in [2.05, 4.69) is 15.5 Å². The molecule has 3 heterocycles. The number of benzene rings is 1. The minimum Gasteiger partial charge on any atom is -0.454 e. The lowest BCUT2D eigenvalue weighted by molar-refractivity contribution is -0.131. The summed E-state index contributed by atoms with van der Waals surface area (Å²) < 4.78 is 10.6. The Hall–Kier alpha value is -2.68. The molecule has 0 radical (unpaired) electrons. The molecule has 1 saturated heterocycles. The van der Waals surface area contributed by atoms with Crippen LogP contribution in [0.2, 0.25) is 0 Å². The first kappa shape index (κ1) is 16.8. The number of hydrogen-bond acceptors (Lipinski definition) is 7. The van der Waals surface area contributed by atoms with Gasteiger partial charge in [-0.25, -0.2) is 0 Å². The van der Waals surface area contributed by atoms with Gasteiger partial charge in [0, 0.05) is 24.7 Å². The zero-order chi connectivity index (χ0) is 18.1. The maximum absolute atomic E-state index is 12.5. The summed E-state index contributed by atoms with van der Waals surface area (Å²) in [7, 11) is 0. The predicted octanol–water partition coefficient (Wildman–Crippen LogP) is 2.59. The van der Waals surface area contributed by atoms with Gasteiger partial charge in [-0.2, -0.15) is 0 Å². The van der Waals surface area contributed by atoms with Crippen LogP contribution in [0, 0.1) is 0 Å². The molecule has 2 aromatic rings. The predicted molar refractivity (Wildman–Crippen MR) is 94.4 cm³/mol. The lowest BCUT2D eigenvalue weighted by Gasteiger charge is -2.21.